The van der Waals surface area contributed by atoms with E-state index in [9.17, 15) is 0 Å². The number of hydrogen-bond donors (Lipinski definition) is 0. The molecule has 1 aliphatic heterocycles. The van der Waals surface area contributed by atoms with Crippen LogP contribution >= 0.6 is 0 Å². The number of nitrogens with zero attached hydrogens (tertiary/aromatic N) is 2. The third-order valence-corrected chi connectivity index (χ3v) is 1.44. The molecule has 0 N–H and O–H groups in total. The molecule has 0 atom stereocenters. The lowest BCUT2D eigenvalue weighted by molar-refractivity contribution is 1.20. The monoisotopic (exact) mass is 146 g/mol. The molecule has 0 radical (unpaired) electrons. The summed E-state index contributed by atoms with van der Waals surface area (Å²) in [6, 6.07) is 0. The Kier molecular flexibility index (Phi) is 2.55. The van der Waals surface area contributed by atoms with Crippen molar-refractivity contribution in [2.24, 2.45) is 9.98 Å². The molecule has 0 unspecified atom stereocenters. The summed E-state index contributed by atoms with van der Waals surface area (Å²) in [6.45, 7) is 7.92. The zero-order valence-corrected chi connectivity index (χ0v) is 6.33. The Morgan fingerprint density at radius 3 is 3.09 bits per heavy atom. The molecule has 56 valence electrons. The summed E-state index contributed by atoms with van der Waals surface area (Å²) >= 11 is 0. The molecule has 1 aliphatic rings. The predicted octanol–water partition coefficient (Wildman–Crippen LogP) is 1.77. The standard InChI is InChI=1S/C9H10N2/c1-8(3-5-10-2)9-4-6-11-7-9/h3-6H,1-2,7H2/b5-3-. The van der Waals surface area contributed by atoms with E-state index in [4.69, 9.17) is 0 Å². The van der Waals surface area contributed by atoms with Gasteiger partial charge in [-0.1, -0.05) is 6.58 Å². The summed E-state index contributed by atoms with van der Waals surface area (Å²) in [5.74, 6) is 0. The highest BCUT2D eigenvalue weighted by atomic mass is 14.7. The van der Waals surface area contributed by atoms with E-state index in [0.29, 0.717) is 0 Å². The van der Waals surface area contributed by atoms with Gasteiger partial charge in [-0.15, -0.1) is 0 Å². The lowest BCUT2D eigenvalue weighted by atomic mass is 10.1. The largest absolute Gasteiger partial charge is 0.288 e. The van der Waals surface area contributed by atoms with Crippen LogP contribution in [-0.4, -0.2) is 19.5 Å². The minimum atomic E-state index is 0.736. The molecule has 0 saturated heterocycles. The molecule has 0 aromatic rings. The van der Waals surface area contributed by atoms with Crippen molar-refractivity contribution in [1.82, 2.24) is 0 Å². The summed E-state index contributed by atoms with van der Waals surface area (Å²) in [5.41, 5.74) is 2.10. The number of allylic oxidation sites excluding steroid dienone is 2. The Hall–Kier alpha value is -1.44. The maximum Gasteiger partial charge on any atom is 0.0645 e. The van der Waals surface area contributed by atoms with E-state index in [2.05, 4.69) is 23.3 Å². The maximum atomic E-state index is 4.04. The third kappa shape index (κ3) is 2.00. The highest BCUT2D eigenvalue weighted by Gasteiger charge is 2.00. The molecule has 0 aliphatic carbocycles. The fourth-order valence-electron chi connectivity index (χ4n) is 0.805. The number of aliphatic imine (C=N–C) groups is 2. The van der Waals surface area contributed by atoms with Crippen molar-refractivity contribution in [3.05, 3.63) is 36.1 Å². The van der Waals surface area contributed by atoms with Crippen LogP contribution in [0.25, 0.3) is 0 Å². The van der Waals surface area contributed by atoms with Gasteiger partial charge < -0.3 is 0 Å². The Morgan fingerprint density at radius 2 is 2.55 bits per heavy atom. The van der Waals surface area contributed by atoms with Crippen molar-refractivity contribution in [2.75, 3.05) is 6.54 Å². The molecule has 2 heteroatoms. The van der Waals surface area contributed by atoms with Crippen LogP contribution in [0.4, 0.5) is 0 Å². The maximum absolute atomic E-state index is 4.04. The van der Waals surface area contributed by atoms with Gasteiger partial charge in [-0.05, 0) is 30.0 Å². The van der Waals surface area contributed by atoms with E-state index < -0.39 is 0 Å². The predicted molar refractivity (Wildman–Crippen MR) is 49.3 cm³/mol. The Bertz CT molecular complexity index is 257. The molecule has 0 amide bonds. The summed E-state index contributed by atoms with van der Waals surface area (Å²) in [6.07, 6.45) is 7.19. The summed E-state index contributed by atoms with van der Waals surface area (Å²) in [5, 5.41) is 0. The van der Waals surface area contributed by atoms with Crippen LogP contribution in [0.1, 0.15) is 0 Å². The molecule has 0 fully saturated rings. The average molecular weight is 146 g/mol. The first kappa shape index (κ1) is 7.66. The Balaban J connectivity index is 2.55. The van der Waals surface area contributed by atoms with E-state index in [1.165, 1.54) is 0 Å². The highest BCUT2D eigenvalue weighted by Crippen LogP contribution is 2.12. The van der Waals surface area contributed by atoms with Gasteiger partial charge in [-0.3, -0.25) is 9.98 Å². The molecule has 0 spiro atoms. The first-order valence-electron chi connectivity index (χ1n) is 3.35. The second kappa shape index (κ2) is 3.66. The first-order chi connectivity index (χ1) is 5.34. The fourth-order valence-corrected chi connectivity index (χ4v) is 0.805. The van der Waals surface area contributed by atoms with Gasteiger partial charge in [0.2, 0.25) is 0 Å². The number of rotatable bonds is 3. The van der Waals surface area contributed by atoms with Crippen LogP contribution < -0.4 is 0 Å². The SMILES string of the molecule is C=N/C=C\C(=C)C1=CC=NC1. The molecule has 1 rings (SSSR count). The van der Waals surface area contributed by atoms with E-state index in [-0.39, 0.29) is 0 Å². The third-order valence-electron chi connectivity index (χ3n) is 1.44. The van der Waals surface area contributed by atoms with Gasteiger partial charge in [0.15, 0.2) is 0 Å². The van der Waals surface area contributed by atoms with Crippen LogP contribution in [0.3, 0.4) is 0 Å². The Labute approximate surface area is 66.4 Å². The Morgan fingerprint density at radius 1 is 1.73 bits per heavy atom. The van der Waals surface area contributed by atoms with Crippen LogP contribution in [0.2, 0.25) is 0 Å². The molecule has 0 aromatic carbocycles. The van der Waals surface area contributed by atoms with E-state index in [0.717, 1.165) is 17.7 Å². The van der Waals surface area contributed by atoms with Gasteiger partial charge in [0.05, 0.1) is 6.54 Å². The molecule has 11 heavy (non-hydrogen) atoms. The van der Waals surface area contributed by atoms with Crippen LogP contribution in [0.5, 0.6) is 0 Å². The fraction of sp³-hybridized carbons (Fsp3) is 0.111. The minimum absolute atomic E-state index is 0.736. The zero-order valence-electron chi connectivity index (χ0n) is 6.33. The second-order valence-electron chi connectivity index (χ2n) is 2.21. The van der Waals surface area contributed by atoms with Gasteiger partial charge in [-0.2, -0.15) is 0 Å². The van der Waals surface area contributed by atoms with Gasteiger partial charge in [0, 0.05) is 12.4 Å². The first-order valence-corrected chi connectivity index (χ1v) is 3.35. The summed E-state index contributed by atoms with van der Waals surface area (Å²) in [4.78, 5) is 7.62. The van der Waals surface area contributed by atoms with Crippen LogP contribution in [0.15, 0.2) is 46.1 Å². The second-order valence-corrected chi connectivity index (χ2v) is 2.21. The van der Waals surface area contributed by atoms with Crippen molar-refractivity contribution in [2.45, 2.75) is 0 Å². The smallest absolute Gasteiger partial charge is 0.0645 e. The van der Waals surface area contributed by atoms with Crippen molar-refractivity contribution in [1.29, 1.82) is 0 Å². The van der Waals surface area contributed by atoms with E-state index in [1.54, 1.807) is 12.4 Å². The minimum Gasteiger partial charge on any atom is -0.288 e. The number of hydrogen-bond acceptors (Lipinski definition) is 2. The molecule has 0 bridgehead atoms. The van der Waals surface area contributed by atoms with Crippen LogP contribution in [-0.2, 0) is 0 Å². The van der Waals surface area contributed by atoms with Gasteiger partial charge in [0.25, 0.3) is 0 Å². The van der Waals surface area contributed by atoms with Crippen molar-refractivity contribution in [3.8, 4) is 0 Å². The van der Waals surface area contributed by atoms with Crippen molar-refractivity contribution < 1.29 is 0 Å². The van der Waals surface area contributed by atoms with E-state index >= 15 is 0 Å². The molecular weight excluding hydrogens is 136 g/mol. The van der Waals surface area contributed by atoms with Gasteiger partial charge in [0.1, 0.15) is 0 Å². The molecule has 0 aromatic heterocycles. The lowest BCUT2D eigenvalue weighted by Crippen LogP contribution is -1.84. The van der Waals surface area contributed by atoms with Crippen molar-refractivity contribution >= 4 is 12.9 Å². The van der Waals surface area contributed by atoms with Crippen LogP contribution in [0, 0.1) is 0 Å². The lowest BCUT2D eigenvalue weighted by Gasteiger charge is -1.96. The normalized spacial score (nSPS) is 15.5. The van der Waals surface area contributed by atoms with Gasteiger partial charge in [-0.25, -0.2) is 0 Å². The summed E-state index contributed by atoms with van der Waals surface area (Å²) < 4.78 is 0. The summed E-state index contributed by atoms with van der Waals surface area (Å²) in [7, 11) is 0. The average Bonchev–Trinajstić information content (AvgIpc) is 2.52. The zero-order chi connectivity index (χ0) is 8.10. The molecular formula is C9H10N2. The van der Waals surface area contributed by atoms with Crippen molar-refractivity contribution in [3.63, 3.8) is 0 Å². The molecule has 0 saturated carbocycles. The van der Waals surface area contributed by atoms with E-state index in [1.807, 2.05) is 12.2 Å². The molecule has 1 heterocycles. The van der Waals surface area contributed by atoms with Gasteiger partial charge >= 0.3 is 0 Å². The topological polar surface area (TPSA) is 24.7 Å². The molecule has 2 nitrogen and oxygen atoms in total. The quantitative estimate of drug-likeness (QED) is 0.428. The highest BCUT2D eigenvalue weighted by molar-refractivity contribution is 5.77.